The highest BCUT2D eigenvalue weighted by atomic mass is 16.4. The molecule has 2 fully saturated rings. The van der Waals surface area contributed by atoms with E-state index in [1.807, 2.05) is 6.92 Å². The molecule has 1 saturated carbocycles. The van der Waals surface area contributed by atoms with Crippen LogP contribution in [0.5, 0.6) is 0 Å². The van der Waals surface area contributed by atoms with E-state index < -0.39 is 5.97 Å². The molecule has 1 saturated heterocycles. The van der Waals surface area contributed by atoms with Gasteiger partial charge in [0.25, 0.3) is 0 Å². The van der Waals surface area contributed by atoms with E-state index >= 15 is 0 Å². The van der Waals surface area contributed by atoms with Gasteiger partial charge in [-0.25, -0.2) is 0 Å². The molecule has 2 rings (SSSR count). The van der Waals surface area contributed by atoms with Gasteiger partial charge in [0, 0.05) is 25.6 Å². The Bertz CT molecular complexity index is 286. The predicted molar refractivity (Wildman–Crippen MR) is 64.8 cm³/mol. The van der Waals surface area contributed by atoms with E-state index in [4.69, 9.17) is 0 Å². The van der Waals surface area contributed by atoms with Crippen molar-refractivity contribution in [3.8, 4) is 0 Å². The summed E-state index contributed by atoms with van der Waals surface area (Å²) >= 11 is 0. The van der Waals surface area contributed by atoms with E-state index in [0.29, 0.717) is 6.42 Å². The molecule has 98 valence electrons. The maximum absolute atomic E-state index is 11.2. The van der Waals surface area contributed by atoms with Gasteiger partial charge in [-0.05, 0) is 24.7 Å². The molecule has 4 heteroatoms. The number of likely N-dealkylation sites (tertiary alicyclic amines) is 1. The van der Waals surface area contributed by atoms with Crippen LogP contribution in [0.25, 0.3) is 0 Å². The average molecular weight is 241 g/mol. The molecule has 1 spiro atoms. The molecule has 0 unspecified atom stereocenters. The van der Waals surface area contributed by atoms with Gasteiger partial charge >= 0.3 is 5.97 Å². The van der Waals surface area contributed by atoms with Crippen LogP contribution in [-0.2, 0) is 4.79 Å². The number of nitrogens with zero attached hydrogens (tertiary/aromatic N) is 1. The second-order valence-electron chi connectivity index (χ2n) is 5.64. The first-order valence-electron chi connectivity index (χ1n) is 6.70. The molecular formula is C13H23NO3. The van der Waals surface area contributed by atoms with Crippen LogP contribution in [0.4, 0.5) is 0 Å². The van der Waals surface area contributed by atoms with Crippen molar-refractivity contribution in [2.24, 2.45) is 11.3 Å². The summed E-state index contributed by atoms with van der Waals surface area (Å²) < 4.78 is 0. The molecule has 0 aromatic carbocycles. The van der Waals surface area contributed by atoms with Crippen LogP contribution in [0.15, 0.2) is 0 Å². The highest BCUT2D eigenvalue weighted by molar-refractivity contribution is 5.73. The maximum atomic E-state index is 11.2. The van der Waals surface area contributed by atoms with Crippen LogP contribution in [-0.4, -0.2) is 46.8 Å². The minimum absolute atomic E-state index is 0.201. The molecule has 1 aliphatic heterocycles. The zero-order valence-electron chi connectivity index (χ0n) is 10.6. The first kappa shape index (κ1) is 12.8. The van der Waals surface area contributed by atoms with Crippen molar-refractivity contribution >= 4 is 5.97 Å². The third kappa shape index (κ3) is 2.20. The van der Waals surface area contributed by atoms with Crippen molar-refractivity contribution in [2.75, 3.05) is 19.7 Å². The first-order valence-corrected chi connectivity index (χ1v) is 6.70. The van der Waals surface area contributed by atoms with E-state index in [2.05, 4.69) is 4.90 Å². The Balaban J connectivity index is 2.11. The van der Waals surface area contributed by atoms with E-state index in [1.165, 1.54) is 12.8 Å². The molecular weight excluding hydrogens is 218 g/mol. The lowest BCUT2D eigenvalue weighted by Gasteiger charge is -2.29. The Hall–Kier alpha value is -0.610. The summed E-state index contributed by atoms with van der Waals surface area (Å²) in [4.78, 5) is 13.3. The van der Waals surface area contributed by atoms with Gasteiger partial charge in [0.1, 0.15) is 6.04 Å². The molecule has 17 heavy (non-hydrogen) atoms. The van der Waals surface area contributed by atoms with E-state index in [1.54, 1.807) is 0 Å². The Morgan fingerprint density at radius 1 is 1.47 bits per heavy atom. The molecule has 0 aromatic heterocycles. The van der Waals surface area contributed by atoms with Crippen LogP contribution < -0.4 is 0 Å². The largest absolute Gasteiger partial charge is 0.480 e. The van der Waals surface area contributed by atoms with Gasteiger partial charge < -0.3 is 10.2 Å². The molecule has 1 aliphatic carbocycles. The third-order valence-electron chi connectivity index (χ3n) is 4.77. The van der Waals surface area contributed by atoms with Gasteiger partial charge in [0.15, 0.2) is 0 Å². The standard InChI is InChI=1S/C13H23NO3/c1-2-11(12(16)17)14-7-10(8-15)13(9-14)5-3-4-6-13/h10-11,15H,2-9H2,1H3,(H,16,17)/t10-,11+/m1/s1. The highest BCUT2D eigenvalue weighted by Crippen LogP contribution is 2.49. The SMILES string of the molecule is CC[C@@H](C(=O)O)N1C[C@H](CO)C2(CCCC2)C1. The quantitative estimate of drug-likeness (QED) is 0.779. The van der Waals surface area contributed by atoms with Crippen molar-refractivity contribution in [3.05, 3.63) is 0 Å². The topological polar surface area (TPSA) is 60.8 Å². The predicted octanol–water partition coefficient (Wildman–Crippen LogP) is 1.33. The fourth-order valence-corrected chi connectivity index (χ4v) is 3.80. The number of carboxylic acids is 1. The minimum atomic E-state index is -0.723. The molecule has 1 heterocycles. The summed E-state index contributed by atoms with van der Waals surface area (Å²) in [6.07, 6.45) is 5.42. The molecule has 2 atom stereocenters. The summed E-state index contributed by atoms with van der Waals surface area (Å²) in [5.74, 6) is -0.447. The fraction of sp³-hybridized carbons (Fsp3) is 0.923. The Morgan fingerprint density at radius 2 is 2.12 bits per heavy atom. The van der Waals surface area contributed by atoms with Crippen LogP contribution >= 0.6 is 0 Å². The van der Waals surface area contributed by atoms with Crippen LogP contribution in [0, 0.1) is 11.3 Å². The van der Waals surface area contributed by atoms with Crippen molar-refractivity contribution in [1.29, 1.82) is 0 Å². The second-order valence-corrected chi connectivity index (χ2v) is 5.64. The summed E-state index contributed by atoms with van der Waals surface area (Å²) in [6.45, 7) is 3.74. The lowest BCUT2D eigenvalue weighted by atomic mass is 9.77. The molecule has 0 amide bonds. The number of hydrogen-bond acceptors (Lipinski definition) is 3. The summed E-state index contributed by atoms with van der Waals surface area (Å²) in [5.41, 5.74) is 0.206. The Kier molecular flexibility index (Phi) is 3.73. The van der Waals surface area contributed by atoms with Gasteiger partial charge in [-0.15, -0.1) is 0 Å². The van der Waals surface area contributed by atoms with E-state index in [9.17, 15) is 15.0 Å². The smallest absolute Gasteiger partial charge is 0.320 e. The molecule has 2 aliphatic rings. The Labute approximate surface area is 103 Å². The van der Waals surface area contributed by atoms with Gasteiger partial charge in [0.05, 0.1) is 0 Å². The minimum Gasteiger partial charge on any atom is -0.480 e. The number of carbonyl (C=O) groups is 1. The fourth-order valence-electron chi connectivity index (χ4n) is 3.80. The second kappa shape index (κ2) is 4.94. The summed E-state index contributed by atoms with van der Waals surface area (Å²) in [5, 5.41) is 18.7. The number of aliphatic hydroxyl groups excluding tert-OH is 1. The lowest BCUT2D eigenvalue weighted by molar-refractivity contribution is -0.143. The van der Waals surface area contributed by atoms with Crippen molar-refractivity contribution in [3.63, 3.8) is 0 Å². The molecule has 2 N–H and O–H groups in total. The zero-order chi connectivity index (χ0) is 12.5. The third-order valence-corrected chi connectivity index (χ3v) is 4.77. The molecule has 0 aromatic rings. The maximum Gasteiger partial charge on any atom is 0.320 e. The number of carboxylic acid groups (broad SMARTS) is 1. The van der Waals surface area contributed by atoms with Gasteiger partial charge in [-0.2, -0.15) is 0 Å². The van der Waals surface area contributed by atoms with Gasteiger partial charge in [-0.1, -0.05) is 19.8 Å². The number of rotatable bonds is 4. The average Bonchev–Trinajstić information content (AvgIpc) is 2.88. The summed E-state index contributed by atoms with van der Waals surface area (Å²) in [6, 6.07) is -0.371. The first-order chi connectivity index (χ1) is 8.13. The van der Waals surface area contributed by atoms with Crippen molar-refractivity contribution < 1.29 is 15.0 Å². The molecule has 4 nitrogen and oxygen atoms in total. The zero-order valence-corrected chi connectivity index (χ0v) is 10.6. The van der Waals surface area contributed by atoms with Crippen molar-refractivity contribution in [2.45, 2.75) is 45.1 Å². The van der Waals surface area contributed by atoms with Gasteiger partial charge in [-0.3, -0.25) is 9.69 Å². The number of aliphatic carboxylic acids is 1. The normalized spacial score (nSPS) is 29.9. The van der Waals surface area contributed by atoms with Gasteiger partial charge in [0.2, 0.25) is 0 Å². The van der Waals surface area contributed by atoms with Crippen molar-refractivity contribution in [1.82, 2.24) is 4.90 Å². The number of aliphatic hydroxyl groups is 1. The van der Waals surface area contributed by atoms with E-state index in [-0.39, 0.29) is 24.0 Å². The monoisotopic (exact) mass is 241 g/mol. The van der Waals surface area contributed by atoms with Crippen LogP contribution in [0.2, 0.25) is 0 Å². The van der Waals surface area contributed by atoms with Crippen LogP contribution in [0.3, 0.4) is 0 Å². The number of hydrogen-bond donors (Lipinski definition) is 2. The lowest BCUT2D eigenvalue weighted by Crippen LogP contribution is -2.40. The Morgan fingerprint density at radius 3 is 2.59 bits per heavy atom. The van der Waals surface area contributed by atoms with E-state index in [0.717, 1.165) is 25.9 Å². The molecule has 0 bridgehead atoms. The van der Waals surface area contributed by atoms with Crippen LogP contribution in [0.1, 0.15) is 39.0 Å². The molecule has 0 radical (unpaired) electrons. The summed E-state index contributed by atoms with van der Waals surface area (Å²) in [7, 11) is 0. The highest BCUT2D eigenvalue weighted by Gasteiger charge is 2.49.